The van der Waals surface area contributed by atoms with Gasteiger partial charge in [-0.05, 0) is 35.9 Å². The van der Waals surface area contributed by atoms with E-state index >= 15 is 0 Å². The van der Waals surface area contributed by atoms with Crippen molar-refractivity contribution in [1.29, 1.82) is 5.26 Å². The summed E-state index contributed by atoms with van der Waals surface area (Å²) in [5.41, 5.74) is 0.726. The molecule has 172 valence electrons. The number of amides is 1. The first kappa shape index (κ1) is 23.4. The zero-order valence-electron chi connectivity index (χ0n) is 17.7. The van der Waals surface area contributed by atoms with Crippen molar-refractivity contribution in [2.45, 2.75) is 0 Å². The van der Waals surface area contributed by atoms with Crippen LogP contribution in [0.25, 0.3) is 6.08 Å². The number of carbonyl (C=O) groups excluding carboxylic acids is 2. The van der Waals surface area contributed by atoms with E-state index in [1.807, 2.05) is 11.0 Å². The second kappa shape index (κ2) is 10.9. The number of aromatic nitrogens is 2. The number of hydrogen-bond donors (Lipinski definition) is 1. The summed E-state index contributed by atoms with van der Waals surface area (Å²) in [7, 11) is 0. The SMILES string of the molecule is N#C/C(=C/c1ccc(OC(=O)c2ccccc2Cl)cc1)C(=O)Nc1nnc(N2CCOCC2)s1. The van der Waals surface area contributed by atoms with Gasteiger partial charge in [-0.15, -0.1) is 10.2 Å². The minimum Gasteiger partial charge on any atom is -0.423 e. The molecule has 0 atom stereocenters. The third-order valence-electron chi connectivity index (χ3n) is 4.78. The van der Waals surface area contributed by atoms with Gasteiger partial charge in [-0.1, -0.05) is 47.2 Å². The standard InChI is InChI=1S/C23H18ClN5O4S/c24-19-4-2-1-3-18(19)21(31)33-17-7-5-15(6-8-17)13-16(14-25)20(30)26-22-27-28-23(34-22)29-9-11-32-12-10-29/h1-8,13H,9-12H2,(H,26,27,30)/b16-13-. The lowest BCUT2D eigenvalue weighted by Crippen LogP contribution is -2.36. The largest absolute Gasteiger partial charge is 0.423 e. The van der Waals surface area contributed by atoms with Gasteiger partial charge in [0.1, 0.15) is 17.4 Å². The van der Waals surface area contributed by atoms with Crippen molar-refractivity contribution in [3.05, 3.63) is 70.3 Å². The van der Waals surface area contributed by atoms with Gasteiger partial charge in [0.2, 0.25) is 10.3 Å². The van der Waals surface area contributed by atoms with Gasteiger partial charge >= 0.3 is 5.97 Å². The molecule has 1 aromatic heterocycles. The van der Waals surface area contributed by atoms with Crippen LogP contribution in [0.2, 0.25) is 5.02 Å². The Morgan fingerprint density at radius 3 is 2.59 bits per heavy atom. The van der Waals surface area contributed by atoms with Crippen LogP contribution >= 0.6 is 22.9 Å². The lowest BCUT2D eigenvalue weighted by Gasteiger charge is -2.25. The Kier molecular flexibility index (Phi) is 7.49. The zero-order chi connectivity index (χ0) is 23.9. The third kappa shape index (κ3) is 5.77. The van der Waals surface area contributed by atoms with Crippen molar-refractivity contribution in [3.63, 3.8) is 0 Å². The average molecular weight is 496 g/mol. The number of halogens is 1. The summed E-state index contributed by atoms with van der Waals surface area (Å²) in [6.07, 6.45) is 1.43. The van der Waals surface area contributed by atoms with E-state index in [-0.39, 0.29) is 11.1 Å². The smallest absolute Gasteiger partial charge is 0.345 e. The van der Waals surface area contributed by atoms with Crippen LogP contribution in [-0.2, 0) is 9.53 Å². The van der Waals surface area contributed by atoms with Gasteiger partial charge in [0, 0.05) is 13.1 Å². The molecule has 1 aliphatic rings. The first-order valence-electron chi connectivity index (χ1n) is 10.2. The molecule has 0 radical (unpaired) electrons. The highest BCUT2D eigenvalue weighted by Gasteiger charge is 2.18. The van der Waals surface area contributed by atoms with Gasteiger partial charge in [-0.2, -0.15) is 5.26 Å². The summed E-state index contributed by atoms with van der Waals surface area (Å²) < 4.78 is 10.7. The predicted molar refractivity (Wildman–Crippen MR) is 128 cm³/mol. The van der Waals surface area contributed by atoms with E-state index in [0.29, 0.717) is 52.9 Å². The Morgan fingerprint density at radius 2 is 1.88 bits per heavy atom. The van der Waals surface area contributed by atoms with E-state index in [1.54, 1.807) is 48.5 Å². The molecule has 34 heavy (non-hydrogen) atoms. The molecular weight excluding hydrogens is 478 g/mol. The number of ether oxygens (including phenoxy) is 2. The van der Waals surface area contributed by atoms with Crippen LogP contribution in [0.5, 0.6) is 5.75 Å². The molecule has 3 aromatic rings. The summed E-state index contributed by atoms with van der Waals surface area (Å²) in [5.74, 6) is -0.879. The van der Waals surface area contributed by atoms with Crippen LogP contribution in [0, 0.1) is 11.3 Å². The van der Waals surface area contributed by atoms with Crippen LogP contribution in [0.15, 0.2) is 54.1 Å². The number of morpholine rings is 1. The fraction of sp³-hybridized carbons (Fsp3) is 0.174. The minimum atomic E-state index is -0.596. The molecule has 1 saturated heterocycles. The molecule has 0 bridgehead atoms. The first-order valence-corrected chi connectivity index (χ1v) is 11.4. The van der Waals surface area contributed by atoms with E-state index in [2.05, 4.69) is 15.5 Å². The number of benzene rings is 2. The average Bonchev–Trinajstić information content (AvgIpc) is 3.32. The number of nitriles is 1. The zero-order valence-corrected chi connectivity index (χ0v) is 19.3. The van der Waals surface area contributed by atoms with Gasteiger partial charge in [0.05, 0.1) is 23.8 Å². The predicted octanol–water partition coefficient (Wildman–Crippen LogP) is 3.79. The lowest BCUT2D eigenvalue weighted by atomic mass is 10.1. The second-order valence-corrected chi connectivity index (χ2v) is 8.41. The maximum Gasteiger partial charge on any atom is 0.345 e. The van der Waals surface area contributed by atoms with Crippen molar-refractivity contribution in [2.24, 2.45) is 0 Å². The van der Waals surface area contributed by atoms with Crippen molar-refractivity contribution in [3.8, 4) is 11.8 Å². The normalized spacial score (nSPS) is 13.8. The summed E-state index contributed by atoms with van der Waals surface area (Å²) in [6.45, 7) is 2.63. The number of rotatable bonds is 6. The maximum atomic E-state index is 12.6. The summed E-state index contributed by atoms with van der Waals surface area (Å²) >= 11 is 7.25. The molecule has 9 nitrogen and oxygen atoms in total. The maximum absolute atomic E-state index is 12.6. The number of nitrogens with one attached hydrogen (secondary N) is 1. The van der Waals surface area contributed by atoms with Crippen molar-refractivity contribution in [1.82, 2.24) is 10.2 Å². The van der Waals surface area contributed by atoms with Crippen molar-refractivity contribution in [2.75, 3.05) is 36.5 Å². The quantitative estimate of drug-likeness (QED) is 0.237. The van der Waals surface area contributed by atoms with E-state index in [0.717, 1.165) is 0 Å². The third-order valence-corrected chi connectivity index (χ3v) is 6.01. The minimum absolute atomic E-state index is 0.107. The fourth-order valence-electron chi connectivity index (χ4n) is 3.05. The molecule has 0 saturated carbocycles. The summed E-state index contributed by atoms with van der Waals surface area (Å²) in [4.78, 5) is 26.9. The molecule has 11 heteroatoms. The van der Waals surface area contributed by atoms with Gasteiger partial charge < -0.3 is 14.4 Å². The summed E-state index contributed by atoms with van der Waals surface area (Å²) in [5, 5.41) is 21.4. The molecule has 2 heterocycles. The van der Waals surface area contributed by atoms with Gasteiger partial charge in [0.25, 0.3) is 5.91 Å². The van der Waals surface area contributed by atoms with Crippen molar-refractivity contribution >= 4 is 51.2 Å². The molecule has 0 aliphatic carbocycles. The number of anilines is 2. The van der Waals surface area contributed by atoms with Crippen LogP contribution < -0.4 is 15.0 Å². The van der Waals surface area contributed by atoms with Crippen LogP contribution in [-0.4, -0.2) is 48.4 Å². The summed E-state index contributed by atoms with van der Waals surface area (Å²) in [6, 6.07) is 14.9. The first-order chi connectivity index (χ1) is 16.5. The van der Waals surface area contributed by atoms with Crippen molar-refractivity contribution < 1.29 is 19.1 Å². The lowest BCUT2D eigenvalue weighted by molar-refractivity contribution is -0.112. The monoisotopic (exact) mass is 495 g/mol. The van der Waals surface area contributed by atoms with E-state index in [1.165, 1.54) is 17.4 Å². The number of carbonyl (C=O) groups is 2. The Morgan fingerprint density at radius 1 is 1.15 bits per heavy atom. The Balaban J connectivity index is 1.39. The number of hydrogen-bond acceptors (Lipinski definition) is 9. The fourth-order valence-corrected chi connectivity index (χ4v) is 4.05. The highest BCUT2D eigenvalue weighted by Crippen LogP contribution is 2.25. The Labute approximate surface area is 204 Å². The molecule has 1 N–H and O–H groups in total. The number of esters is 1. The van der Waals surface area contributed by atoms with E-state index < -0.39 is 11.9 Å². The van der Waals surface area contributed by atoms with Crippen LogP contribution in [0.4, 0.5) is 10.3 Å². The van der Waals surface area contributed by atoms with E-state index in [4.69, 9.17) is 21.1 Å². The number of nitrogens with zero attached hydrogens (tertiary/aromatic N) is 4. The highest BCUT2D eigenvalue weighted by molar-refractivity contribution is 7.19. The second-order valence-electron chi connectivity index (χ2n) is 7.05. The molecule has 2 aromatic carbocycles. The molecule has 0 spiro atoms. The van der Waals surface area contributed by atoms with Crippen LogP contribution in [0.1, 0.15) is 15.9 Å². The molecule has 1 amide bonds. The van der Waals surface area contributed by atoms with E-state index in [9.17, 15) is 14.9 Å². The van der Waals surface area contributed by atoms with Gasteiger partial charge in [-0.25, -0.2) is 4.79 Å². The molecular formula is C23H18ClN5O4S. The molecule has 1 aliphatic heterocycles. The van der Waals surface area contributed by atoms with Crippen LogP contribution in [0.3, 0.4) is 0 Å². The molecule has 0 unspecified atom stereocenters. The molecule has 4 rings (SSSR count). The Bertz CT molecular complexity index is 1260. The topological polar surface area (TPSA) is 117 Å². The highest BCUT2D eigenvalue weighted by atomic mass is 35.5. The molecule has 1 fully saturated rings. The Hall–Kier alpha value is -3.78. The van der Waals surface area contributed by atoms with Gasteiger partial charge in [0.15, 0.2) is 0 Å². The van der Waals surface area contributed by atoms with Gasteiger partial charge in [-0.3, -0.25) is 10.1 Å².